The number of benzene rings is 11. The zero-order valence-electron chi connectivity index (χ0n) is 45.4. The third-order valence-electron chi connectivity index (χ3n) is 16.3. The quantitative estimate of drug-likeness (QED) is 0.154. The van der Waals surface area contributed by atoms with Gasteiger partial charge in [-0.25, -0.2) is 29.9 Å². The highest BCUT2D eigenvalue weighted by atomic mass is 14.8. The van der Waals surface area contributed by atoms with E-state index in [-0.39, 0.29) is 0 Å². The minimum Gasteiger partial charge on any atom is -0.248 e. The fourth-order valence-electron chi connectivity index (χ4n) is 11.8. The van der Waals surface area contributed by atoms with Crippen molar-refractivity contribution in [1.29, 1.82) is 0 Å². The van der Waals surface area contributed by atoms with E-state index in [1.165, 1.54) is 43.8 Å². The molecule has 0 fully saturated rings. The van der Waals surface area contributed by atoms with Crippen LogP contribution in [0.5, 0.6) is 0 Å². The Kier molecular flexibility index (Phi) is 11.8. The highest BCUT2D eigenvalue weighted by Crippen LogP contribution is 2.35. The van der Waals surface area contributed by atoms with Crippen molar-refractivity contribution in [2.45, 2.75) is 0 Å². The molecule has 0 atom stereocenters. The predicted octanol–water partition coefficient (Wildman–Crippen LogP) is 20.1. The molecule has 6 nitrogen and oxygen atoms in total. The van der Waals surface area contributed by atoms with Crippen LogP contribution in [0.2, 0.25) is 0 Å². The molecule has 0 aliphatic heterocycles. The summed E-state index contributed by atoms with van der Waals surface area (Å²) in [7, 11) is 0. The third-order valence-corrected chi connectivity index (χ3v) is 16.3. The monoisotopic (exact) mass is 1070 g/mol. The molecule has 11 aromatic carbocycles. The second-order valence-corrected chi connectivity index (χ2v) is 21.4. The maximum Gasteiger partial charge on any atom is 0.0894 e. The topological polar surface area (TPSA) is 77.3 Å². The average Bonchev–Trinajstić information content (AvgIpc) is 3.32. The lowest BCUT2D eigenvalue weighted by Gasteiger charge is -2.10. The highest BCUT2D eigenvalue weighted by Gasteiger charge is 2.13. The van der Waals surface area contributed by atoms with E-state index in [9.17, 15) is 0 Å². The van der Waals surface area contributed by atoms with E-state index in [1.807, 2.05) is 6.07 Å². The second kappa shape index (κ2) is 20.3. The van der Waals surface area contributed by atoms with Crippen LogP contribution in [0.3, 0.4) is 0 Å². The smallest absolute Gasteiger partial charge is 0.0894 e. The molecule has 17 aromatic rings. The van der Waals surface area contributed by atoms with Crippen molar-refractivity contribution in [2.75, 3.05) is 0 Å². The SMILES string of the molecule is c1ccc(-c2ccc3ccc(-c4ccc5ccc(-c6ccc7ccc8ccccc8c7n6)nc5c4)nc3c2)cc1.c1ccc2c(-c3ccc4ccc(-c5ccc6ccc(-c7ccc8ccc9ccccc9c8n7)nc6c5)nc4c3)cccc2c1. The molecule has 0 N–H and O–H groups in total. The Hall–Kier alpha value is -11.3. The molecule has 0 aliphatic carbocycles. The number of rotatable bonds is 6. The second-order valence-electron chi connectivity index (χ2n) is 21.4. The van der Waals surface area contributed by atoms with Crippen molar-refractivity contribution >= 4 is 97.7 Å². The van der Waals surface area contributed by atoms with Gasteiger partial charge in [-0.15, -0.1) is 0 Å². The van der Waals surface area contributed by atoms with Crippen molar-refractivity contribution < 1.29 is 0 Å². The van der Waals surface area contributed by atoms with E-state index in [1.54, 1.807) is 0 Å². The van der Waals surface area contributed by atoms with Crippen LogP contribution in [0.25, 0.3) is 165 Å². The predicted molar refractivity (Wildman–Crippen MR) is 350 cm³/mol. The maximum atomic E-state index is 5.12. The summed E-state index contributed by atoms with van der Waals surface area (Å²) in [5.74, 6) is 0. The molecule has 6 heteroatoms. The molecule has 17 rings (SSSR count). The van der Waals surface area contributed by atoms with Crippen LogP contribution in [0.15, 0.2) is 291 Å². The summed E-state index contributed by atoms with van der Waals surface area (Å²) in [6, 6.07) is 102. The van der Waals surface area contributed by atoms with Crippen LogP contribution < -0.4 is 0 Å². The first-order valence-corrected chi connectivity index (χ1v) is 28.3. The minimum atomic E-state index is 0.857. The number of nitrogens with zero attached hydrogens (tertiary/aromatic N) is 6. The normalized spacial score (nSPS) is 11.6. The van der Waals surface area contributed by atoms with Gasteiger partial charge in [0.25, 0.3) is 0 Å². The van der Waals surface area contributed by atoms with E-state index < -0.39 is 0 Å². The van der Waals surface area contributed by atoms with Crippen molar-refractivity contribution in [3.05, 3.63) is 291 Å². The number of aromatic nitrogens is 6. The van der Waals surface area contributed by atoms with Gasteiger partial charge in [0, 0.05) is 54.2 Å². The standard InChI is InChI=1S/C41H25N3.C37H23N3/c1-3-9-33-26(6-1)8-5-11-34(33)31-16-13-28-18-21-36(42-39(28)24-31)32-17-14-29-19-22-37(43-40(29)25-32)38-23-20-30-15-12-27-7-2-4-10-35(27)41(30)44-38;1-2-6-24(7-3-1)29-14-11-26-16-19-32(38-35(26)22-29)30-15-12-27-17-20-33(39-36(27)23-30)34-21-18-28-13-10-25-8-4-5-9-31(25)37(28)40-34/h1-25H;1-23H. The molecule has 0 amide bonds. The van der Waals surface area contributed by atoms with Crippen LogP contribution in [0.1, 0.15) is 0 Å². The van der Waals surface area contributed by atoms with Gasteiger partial charge in [0.05, 0.1) is 67.3 Å². The van der Waals surface area contributed by atoms with Gasteiger partial charge in [-0.1, -0.05) is 231 Å². The largest absolute Gasteiger partial charge is 0.248 e. The van der Waals surface area contributed by atoms with Crippen LogP contribution >= 0.6 is 0 Å². The van der Waals surface area contributed by atoms with Gasteiger partial charge in [0.15, 0.2) is 0 Å². The Labute approximate surface area is 483 Å². The Morgan fingerprint density at radius 2 is 0.488 bits per heavy atom. The van der Waals surface area contributed by atoms with Crippen LogP contribution in [0, 0.1) is 0 Å². The van der Waals surface area contributed by atoms with Gasteiger partial charge in [-0.3, -0.25) is 0 Å². The summed E-state index contributed by atoms with van der Waals surface area (Å²) >= 11 is 0. The van der Waals surface area contributed by atoms with Crippen molar-refractivity contribution in [1.82, 2.24) is 29.9 Å². The number of fused-ring (bicyclic) bond motifs is 11. The molecule has 0 bridgehead atoms. The van der Waals surface area contributed by atoms with E-state index in [0.29, 0.717) is 0 Å². The molecular weight excluding hydrogens is 1020 g/mol. The van der Waals surface area contributed by atoms with E-state index >= 15 is 0 Å². The molecule has 390 valence electrons. The Balaban J connectivity index is 0.000000138. The van der Waals surface area contributed by atoms with Crippen molar-refractivity contribution in [3.63, 3.8) is 0 Å². The van der Waals surface area contributed by atoms with Crippen molar-refractivity contribution in [3.8, 4) is 67.5 Å². The van der Waals surface area contributed by atoms with Gasteiger partial charge < -0.3 is 0 Å². The summed E-state index contributed by atoms with van der Waals surface area (Å²) in [6.07, 6.45) is 0. The molecule has 0 spiro atoms. The number of pyridine rings is 6. The third kappa shape index (κ3) is 8.96. The van der Waals surface area contributed by atoms with Gasteiger partial charge >= 0.3 is 0 Å². The zero-order chi connectivity index (χ0) is 55.5. The fourth-order valence-corrected chi connectivity index (χ4v) is 11.8. The molecule has 0 saturated heterocycles. The highest BCUT2D eigenvalue weighted by molar-refractivity contribution is 6.07. The number of hydrogen-bond donors (Lipinski definition) is 0. The molecule has 0 unspecified atom stereocenters. The maximum absolute atomic E-state index is 5.12. The van der Waals surface area contributed by atoms with E-state index in [0.717, 1.165) is 121 Å². The minimum absolute atomic E-state index is 0.857. The van der Waals surface area contributed by atoms with Crippen LogP contribution in [0.4, 0.5) is 0 Å². The average molecular weight is 1070 g/mol. The summed E-state index contributed by atoms with van der Waals surface area (Å²) in [4.78, 5) is 30.4. The lowest BCUT2D eigenvalue weighted by Crippen LogP contribution is -1.91. The Bertz CT molecular complexity index is 5460. The Morgan fingerprint density at radius 3 is 1.00 bits per heavy atom. The van der Waals surface area contributed by atoms with Crippen molar-refractivity contribution in [2.24, 2.45) is 0 Å². The lowest BCUT2D eigenvalue weighted by atomic mass is 9.97. The summed E-state index contributed by atoms with van der Waals surface area (Å²) in [5.41, 5.74) is 17.9. The molecule has 0 saturated carbocycles. The van der Waals surface area contributed by atoms with E-state index in [2.05, 4.69) is 285 Å². The van der Waals surface area contributed by atoms with Gasteiger partial charge in [-0.05, 0) is 104 Å². The lowest BCUT2D eigenvalue weighted by molar-refractivity contribution is 1.32. The van der Waals surface area contributed by atoms with Crippen LogP contribution in [-0.4, -0.2) is 29.9 Å². The molecule has 84 heavy (non-hydrogen) atoms. The summed E-state index contributed by atoms with van der Waals surface area (Å²) in [6.45, 7) is 0. The zero-order valence-corrected chi connectivity index (χ0v) is 45.4. The van der Waals surface area contributed by atoms with Crippen LogP contribution in [-0.2, 0) is 0 Å². The molecule has 0 radical (unpaired) electrons. The van der Waals surface area contributed by atoms with E-state index in [4.69, 9.17) is 29.9 Å². The first kappa shape index (κ1) is 48.6. The van der Waals surface area contributed by atoms with Gasteiger partial charge in [-0.2, -0.15) is 0 Å². The van der Waals surface area contributed by atoms with Gasteiger partial charge in [0.1, 0.15) is 0 Å². The molecule has 0 aliphatic rings. The number of hydrogen-bond acceptors (Lipinski definition) is 6. The first-order valence-electron chi connectivity index (χ1n) is 28.3. The summed E-state index contributed by atoms with van der Waals surface area (Å²) < 4.78 is 0. The summed E-state index contributed by atoms with van der Waals surface area (Å²) in [5, 5.41) is 13.8. The molecule has 6 heterocycles. The first-order chi connectivity index (χ1) is 41.5. The molecule has 6 aromatic heterocycles. The molecular formula is C78H48N6. The fraction of sp³-hybridized carbons (Fsp3) is 0. The van der Waals surface area contributed by atoms with Gasteiger partial charge in [0.2, 0.25) is 0 Å². The Morgan fingerprint density at radius 1 is 0.167 bits per heavy atom.